The van der Waals surface area contributed by atoms with Crippen LogP contribution in [-0.2, 0) is 16.0 Å². The van der Waals surface area contributed by atoms with Crippen LogP contribution in [0.2, 0.25) is 0 Å². The molecule has 0 bridgehead atoms. The summed E-state index contributed by atoms with van der Waals surface area (Å²) in [5.74, 6) is -3.95. The van der Waals surface area contributed by atoms with Crippen LogP contribution in [-0.4, -0.2) is 102 Å². The molecule has 27 heavy (non-hydrogen) atoms. The van der Waals surface area contributed by atoms with Crippen molar-refractivity contribution in [2.45, 2.75) is 42.7 Å². The normalized spacial score (nSPS) is 33.3. The van der Waals surface area contributed by atoms with E-state index in [2.05, 4.69) is 0 Å². The Morgan fingerprint density at radius 1 is 0.889 bits per heavy atom. The minimum absolute atomic E-state index is 0. The van der Waals surface area contributed by atoms with Gasteiger partial charge in [0.1, 0.15) is 18.3 Å². The van der Waals surface area contributed by atoms with Crippen LogP contribution >= 0.6 is 0 Å². The molecule has 6 atom stereocenters. The molecule has 1 fully saturated rings. The van der Waals surface area contributed by atoms with Gasteiger partial charge in [0.25, 0.3) is 5.79 Å². The summed E-state index contributed by atoms with van der Waals surface area (Å²) in [6.07, 6.45) is -10.6. The van der Waals surface area contributed by atoms with E-state index < -0.39 is 42.3 Å². The topological polar surface area (TPSA) is 148 Å². The standard InChI is InChI=1S/C18H20O8.Na.H/c19-12(8-10-6-3-5-9-4-1-2-7-11(9)10)26-18(25)16(23)14(21)13(20)15(22)17(18)24;;/h1-7,13-17,20-25H,8H2;;/t13-,14-,15+,16-,17-,18-;;/m1../s1. The summed E-state index contributed by atoms with van der Waals surface area (Å²) in [6, 6.07) is 12.6. The fraction of sp³-hybridized carbons (Fsp3) is 0.389. The molecule has 0 saturated heterocycles. The van der Waals surface area contributed by atoms with Gasteiger partial charge >= 0.3 is 35.5 Å². The number of hydrogen-bond donors (Lipinski definition) is 6. The quantitative estimate of drug-likeness (QED) is 0.197. The van der Waals surface area contributed by atoms with Crippen molar-refractivity contribution in [3.8, 4) is 0 Å². The summed E-state index contributed by atoms with van der Waals surface area (Å²) in [7, 11) is 0. The molecule has 8 nitrogen and oxygen atoms in total. The molecule has 0 aliphatic heterocycles. The third kappa shape index (κ3) is 4.04. The summed E-state index contributed by atoms with van der Waals surface area (Å²) in [6.45, 7) is 0. The molecule has 0 unspecified atom stereocenters. The maximum absolute atomic E-state index is 12.3. The molecule has 0 aromatic heterocycles. The Labute approximate surface area is 176 Å². The van der Waals surface area contributed by atoms with Gasteiger partial charge in [-0.05, 0) is 16.3 Å². The van der Waals surface area contributed by atoms with Crippen LogP contribution in [0.25, 0.3) is 10.8 Å². The SMILES string of the molecule is O=C(Cc1cccc2ccccc12)O[C@]1(O)[C@H](O)[C@H](O)[C@@H](O)[C@H](O)[C@H]1O.[NaH]. The predicted molar refractivity (Wildman–Crippen MR) is 95.9 cm³/mol. The van der Waals surface area contributed by atoms with Crippen molar-refractivity contribution in [1.82, 2.24) is 0 Å². The van der Waals surface area contributed by atoms with Gasteiger partial charge in [-0.15, -0.1) is 0 Å². The van der Waals surface area contributed by atoms with E-state index in [1.54, 1.807) is 24.3 Å². The molecule has 0 heterocycles. The summed E-state index contributed by atoms with van der Waals surface area (Å²) >= 11 is 0. The average molecular weight is 388 g/mol. The zero-order chi connectivity index (χ0) is 19.1. The molecule has 0 amide bonds. The molecule has 9 heteroatoms. The van der Waals surface area contributed by atoms with Gasteiger partial charge in [0.2, 0.25) is 0 Å². The molecule has 1 aliphatic carbocycles. The van der Waals surface area contributed by atoms with Gasteiger partial charge in [0.15, 0.2) is 12.2 Å². The van der Waals surface area contributed by atoms with Gasteiger partial charge in [0, 0.05) is 0 Å². The van der Waals surface area contributed by atoms with Gasteiger partial charge in [-0.3, -0.25) is 4.79 Å². The van der Waals surface area contributed by atoms with E-state index in [9.17, 15) is 35.4 Å². The van der Waals surface area contributed by atoms with E-state index in [1.807, 2.05) is 18.2 Å². The van der Waals surface area contributed by atoms with Gasteiger partial charge < -0.3 is 35.4 Å². The van der Waals surface area contributed by atoms with Crippen molar-refractivity contribution in [1.29, 1.82) is 0 Å². The summed E-state index contributed by atoms with van der Waals surface area (Å²) in [4.78, 5) is 12.3. The zero-order valence-corrected chi connectivity index (χ0v) is 13.6. The third-order valence-electron chi connectivity index (χ3n) is 4.69. The Hall–Kier alpha value is -1.07. The number of carbonyl (C=O) groups is 1. The second kappa shape index (κ2) is 8.52. The van der Waals surface area contributed by atoms with E-state index >= 15 is 0 Å². The Balaban J connectivity index is 0.00000261. The van der Waals surface area contributed by atoms with Crippen LogP contribution in [0.4, 0.5) is 0 Å². The number of carbonyl (C=O) groups excluding carboxylic acids is 1. The van der Waals surface area contributed by atoms with Crippen LogP contribution in [0, 0.1) is 0 Å². The molecule has 142 valence electrons. The Morgan fingerprint density at radius 3 is 2.07 bits per heavy atom. The first-order valence-electron chi connectivity index (χ1n) is 8.07. The molecule has 6 N–H and O–H groups in total. The molecule has 3 rings (SSSR count). The van der Waals surface area contributed by atoms with Crippen molar-refractivity contribution in [2.75, 3.05) is 0 Å². The fourth-order valence-corrected chi connectivity index (χ4v) is 3.18. The van der Waals surface area contributed by atoms with E-state index in [4.69, 9.17) is 4.74 Å². The van der Waals surface area contributed by atoms with Crippen molar-refractivity contribution >= 4 is 46.3 Å². The van der Waals surface area contributed by atoms with Crippen LogP contribution < -0.4 is 0 Å². The molecular formula is C18H21NaO8. The number of aliphatic hydroxyl groups is 6. The Morgan fingerprint density at radius 2 is 1.44 bits per heavy atom. The minimum atomic E-state index is -2.96. The average Bonchev–Trinajstić information content (AvgIpc) is 2.64. The molecule has 1 saturated carbocycles. The van der Waals surface area contributed by atoms with Crippen LogP contribution in [0.5, 0.6) is 0 Å². The third-order valence-corrected chi connectivity index (χ3v) is 4.69. The van der Waals surface area contributed by atoms with Gasteiger partial charge in [-0.25, -0.2) is 0 Å². The molecule has 0 spiro atoms. The number of ether oxygens (including phenoxy) is 1. The molecule has 2 aromatic carbocycles. The van der Waals surface area contributed by atoms with Crippen molar-refractivity contribution in [3.63, 3.8) is 0 Å². The zero-order valence-electron chi connectivity index (χ0n) is 13.6. The van der Waals surface area contributed by atoms with Crippen molar-refractivity contribution < 1.29 is 40.2 Å². The predicted octanol–water partition coefficient (Wildman–Crippen LogP) is -2.22. The summed E-state index contributed by atoms with van der Waals surface area (Å²) in [5.41, 5.74) is 0.595. The van der Waals surface area contributed by atoms with E-state index in [1.165, 1.54) is 0 Å². The number of aliphatic hydroxyl groups excluding tert-OH is 5. The molecule has 2 aromatic rings. The second-order valence-electron chi connectivity index (χ2n) is 6.40. The van der Waals surface area contributed by atoms with Crippen LogP contribution in [0.3, 0.4) is 0 Å². The number of benzene rings is 2. The first-order chi connectivity index (χ1) is 12.3. The van der Waals surface area contributed by atoms with Crippen LogP contribution in [0.1, 0.15) is 5.56 Å². The number of fused-ring (bicyclic) bond motifs is 1. The first-order valence-corrected chi connectivity index (χ1v) is 8.07. The van der Waals surface area contributed by atoms with Gasteiger partial charge in [-0.1, -0.05) is 42.5 Å². The van der Waals surface area contributed by atoms with Gasteiger partial charge in [-0.2, -0.15) is 0 Å². The molecule has 0 radical (unpaired) electrons. The van der Waals surface area contributed by atoms with Crippen molar-refractivity contribution in [2.24, 2.45) is 0 Å². The van der Waals surface area contributed by atoms with E-state index in [0.29, 0.717) is 5.56 Å². The number of hydrogen-bond acceptors (Lipinski definition) is 8. The van der Waals surface area contributed by atoms with Crippen LogP contribution in [0.15, 0.2) is 42.5 Å². The Kier molecular flexibility index (Phi) is 7.01. The second-order valence-corrected chi connectivity index (χ2v) is 6.40. The fourth-order valence-electron chi connectivity index (χ4n) is 3.18. The summed E-state index contributed by atoms with van der Waals surface area (Å²) < 4.78 is 4.83. The van der Waals surface area contributed by atoms with E-state index in [0.717, 1.165) is 10.8 Å². The maximum atomic E-state index is 12.3. The van der Waals surface area contributed by atoms with Gasteiger partial charge in [0.05, 0.1) is 6.42 Å². The monoisotopic (exact) mass is 388 g/mol. The van der Waals surface area contributed by atoms with E-state index in [-0.39, 0.29) is 36.0 Å². The number of rotatable bonds is 3. The first kappa shape index (κ1) is 22.2. The number of esters is 1. The van der Waals surface area contributed by atoms with Crippen molar-refractivity contribution in [3.05, 3.63) is 48.0 Å². The Bertz CT molecular complexity index is 792. The summed E-state index contributed by atoms with van der Waals surface area (Å²) in [5, 5.41) is 60.8. The molecular weight excluding hydrogens is 367 g/mol. The molecule has 1 aliphatic rings.